The molecule has 1 aliphatic heterocycles. The molecule has 1 fully saturated rings. The van der Waals surface area contributed by atoms with Crippen molar-refractivity contribution in [2.75, 3.05) is 19.6 Å². The van der Waals surface area contributed by atoms with Crippen molar-refractivity contribution < 1.29 is 8.42 Å². The third kappa shape index (κ3) is 4.31. The van der Waals surface area contributed by atoms with Gasteiger partial charge in [0.05, 0.1) is 4.90 Å². The van der Waals surface area contributed by atoms with Crippen molar-refractivity contribution >= 4 is 10.0 Å². The average molecular weight is 324 g/mol. The van der Waals surface area contributed by atoms with Crippen LogP contribution in [-0.2, 0) is 15.4 Å². The van der Waals surface area contributed by atoms with E-state index in [0.717, 1.165) is 31.5 Å². The van der Waals surface area contributed by atoms with Crippen LogP contribution >= 0.6 is 0 Å². The zero-order chi connectivity index (χ0) is 16.4. The maximum Gasteiger partial charge on any atom is 0.240 e. The molecule has 1 aromatic carbocycles. The minimum atomic E-state index is -3.44. The molecule has 2 rings (SSSR count). The first kappa shape index (κ1) is 17.4. The SMILES string of the molecule is CC1(CNS(=O)(=O)c2ccc(C(C)(C)C)cc2)CCCNC1. The summed E-state index contributed by atoms with van der Waals surface area (Å²) in [6.45, 7) is 10.8. The molecule has 1 aromatic rings. The van der Waals surface area contributed by atoms with E-state index < -0.39 is 10.0 Å². The Bertz CT molecular complexity index is 595. The quantitative estimate of drug-likeness (QED) is 0.895. The molecule has 0 bridgehead atoms. The maximum atomic E-state index is 12.4. The lowest BCUT2D eigenvalue weighted by molar-refractivity contribution is 0.238. The average Bonchev–Trinajstić information content (AvgIpc) is 2.46. The number of hydrogen-bond acceptors (Lipinski definition) is 3. The Morgan fingerprint density at radius 2 is 1.86 bits per heavy atom. The number of hydrogen-bond donors (Lipinski definition) is 2. The summed E-state index contributed by atoms with van der Waals surface area (Å²) in [7, 11) is -3.44. The third-order valence-corrected chi connectivity index (χ3v) is 5.82. The Hall–Kier alpha value is -0.910. The van der Waals surface area contributed by atoms with E-state index in [4.69, 9.17) is 0 Å². The molecule has 1 heterocycles. The van der Waals surface area contributed by atoms with Crippen molar-refractivity contribution in [1.82, 2.24) is 10.0 Å². The lowest BCUT2D eigenvalue weighted by Crippen LogP contribution is -2.45. The minimum Gasteiger partial charge on any atom is -0.316 e. The maximum absolute atomic E-state index is 12.4. The Balaban J connectivity index is 2.07. The summed E-state index contributed by atoms with van der Waals surface area (Å²) in [4.78, 5) is 0.341. The van der Waals surface area contributed by atoms with Crippen LogP contribution in [0.25, 0.3) is 0 Å². The van der Waals surface area contributed by atoms with Crippen molar-refractivity contribution in [3.8, 4) is 0 Å². The highest BCUT2D eigenvalue weighted by molar-refractivity contribution is 7.89. The van der Waals surface area contributed by atoms with Crippen LogP contribution in [0.15, 0.2) is 29.2 Å². The molecule has 1 unspecified atom stereocenters. The smallest absolute Gasteiger partial charge is 0.240 e. The van der Waals surface area contributed by atoms with Crippen LogP contribution in [0.4, 0.5) is 0 Å². The summed E-state index contributed by atoms with van der Waals surface area (Å²) in [5.41, 5.74) is 1.16. The van der Waals surface area contributed by atoms with Crippen LogP contribution in [0.1, 0.15) is 46.1 Å². The van der Waals surface area contributed by atoms with E-state index in [1.165, 1.54) is 0 Å². The van der Waals surface area contributed by atoms with E-state index >= 15 is 0 Å². The van der Waals surface area contributed by atoms with Gasteiger partial charge in [0.1, 0.15) is 0 Å². The van der Waals surface area contributed by atoms with Gasteiger partial charge in [-0.05, 0) is 47.9 Å². The predicted octanol–water partition coefficient (Wildman–Crippen LogP) is 2.65. The molecule has 0 spiro atoms. The van der Waals surface area contributed by atoms with Crippen LogP contribution in [0.2, 0.25) is 0 Å². The Morgan fingerprint density at radius 3 is 2.36 bits per heavy atom. The van der Waals surface area contributed by atoms with Gasteiger partial charge in [0.15, 0.2) is 0 Å². The Kier molecular flexibility index (Phi) is 5.00. The van der Waals surface area contributed by atoms with Gasteiger partial charge >= 0.3 is 0 Å². The molecule has 0 aromatic heterocycles. The monoisotopic (exact) mass is 324 g/mol. The lowest BCUT2D eigenvalue weighted by Gasteiger charge is -2.34. The first-order chi connectivity index (χ1) is 10.1. The van der Waals surface area contributed by atoms with Gasteiger partial charge in [0.2, 0.25) is 10.0 Å². The molecule has 5 heteroatoms. The number of nitrogens with one attached hydrogen (secondary N) is 2. The lowest BCUT2D eigenvalue weighted by atomic mass is 9.83. The minimum absolute atomic E-state index is 0.00330. The first-order valence-electron chi connectivity index (χ1n) is 7.93. The van der Waals surface area contributed by atoms with Crippen LogP contribution in [-0.4, -0.2) is 28.1 Å². The summed E-state index contributed by atoms with van der Waals surface area (Å²) in [6.07, 6.45) is 2.14. The van der Waals surface area contributed by atoms with Crippen molar-refractivity contribution in [2.24, 2.45) is 5.41 Å². The van der Waals surface area contributed by atoms with Gasteiger partial charge in [-0.25, -0.2) is 13.1 Å². The van der Waals surface area contributed by atoms with E-state index in [9.17, 15) is 8.42 Å². The van der Waals surface area contributed by atoms with Crippen molar-refractivity contribution in [3.05, 3.63) is 29.8 Å². The second kappa shape index (κ2) is 6.30. The van der Waals surface area contributed by atoms with Gasteiger partial charge < -0.3 is 5.32 Å². The van der Waals surface area contributed by atoms with Crippen molar-refractivity contribution in [1.29, 1.82) is 0 Å². The van der Waals surface area contributed by atoms with E-state index in [1.807, 2.05) is 12.1 Å². The first-order valence-corrected chi connectivity index (χ1v) is 9.42. The Labute approximate surface area is 134 Å². The third-order valence-electron chi connectivity index (χ3n) is 4.41. The number of rotatable bonds is 4. The standard InChI is InChI=1S/C17H28N2O2S/c1-16(2,3)14-6-8-15(9-7-14)22(20,21)19-13-17(4)10-5-11-18-12-17/h6-9,18-19H,5,10-13H2,1-4H3. The summed E-state index contributed by atoms with van der Waals surface area (Å²) in [5, 5.41) is 3.34. The summed E-state index contributed by atoms with van der Waals surface area (Å²) < 4.78 is 27.7. The van der Waals surface area contributed by atoms with Crippen molar-refractivity contribution in [2.45, 2.75) is 50.8 Å². The number of piperidine rings is 1. The summed E-state index contributed by atoms with van der Waals surface area (Å²) in [6, 6.07) is 7.20. The number of sulfonamides is 1. The molecule has 1 atom stereocenters. The molecule has 0 amide bonds. The van der Waals surface area contributed by atoms with Gasteiger partial charge in [0, 0.05) is 13.1 Å². The molecule has 0 saturated carbocycles. The highest BCUT2D eigenvalue weighted by Gasteiger charge is 2.28. The van der Waals surface area contributed by atoms with Crippen LogP contribution in [0.5, 0.6) is 0 Å². The molecule has 0 radical (unpaired) electrons. The van der Waals surface area contributed by atoms with Gasteiger partial charge in [0.25, 0.3) is 0 Å². The Morgan fingerprint density at radius 1 is 1.23 bits per heavy atom. The van der Waals surface area contributed by atoms with Crippen molar-refractivity contribution in [3.63, 3.8) is 0 Å². The van der Waals surface area contributed by atoms with Gasteiger partial charge in [-0.3, -0.25) is 0 Å². The molecule has 1 aliphatic rings. The predicted molar refractivity (Wildman–Crippen MR) is 90.5 cm³/mol. The normalized spacial score (nSPS) is 23.5. The summed E-state index contributed by atoms with van der Waals surface area (Å²) >= 11 is 0. The molecule has 1 saturated heterocycles. The number of benzene rings is 1. The van der Waals surface area contributed by atoms with Gasteiger partial charge in [-0.15, -0.1) is 0 Å². The summed E-state index contributed by atoms with van der Waals surface area (Å²) in [5.74, 6) is 0. The largest absolute Gasteiger partial charge is 0.316 e. The van der Waals surface area contributed by atoms with E-state index in [1.54, 1.807) is 12.1 Å². The van der Waals surface area contributed by atoms with E-state index in [0.29, 0.717) is 11.4 Å². The fraction of sp³-hybridized carbons (Fsp3) is 0.647. The van der Waals surface area contributed by atoms with E-state index in [-0.39, 0.29) is 10.8 Å². The van der Waals surface area contributed by atoms with E-state index in [2.05, 4.69) is 37.7 Å². The molecule has 2 N–H and O–H groups in total. The second-order valence-electron chi connectivity index (χ2n) is 7.69. The molecule has 4 nitrogen and oxygen atoms in total. The van der Waals surface area contributed by atoms with Crippen LogP contribution < -0.4 is 10.0 Å². The fourth-order valence-corrected chi connectivity index (χ4v) is 3.96. The highest BCUT2D eigenvalue weighted by atomic mass is 32.2. The molecular weight excluding hydrogens is 296 g/mol. The second-order valence-corrected chi connectivity index (χ2v) is 9.46. The molecular formula is C17H28N2O2S. The molecule has 124 valence electrons. The fourth-order valence-electron chi connectivity index (χ4n) is 2.76. The zero-order valence-corrected chi connectivity index (χ0v) is 14.9. The van der Waals surface area contributed by atoms with Gasteiger partial charge in [-0.1, -0.05) is 39.8 Å². The van der Waals surface area contributed by atoms with Gasteiger partial charge in [-0.2, -0.15) is 0 Å². The topological polar surface area (TPSA) is 58.2 Å². The highest BCUT2D eigenvalue weighted by Crippen LogP contribution is 2.26. The zero-order valence-electron chi connectivity index (χ0n) is 14.1. The van der Waals surface area contributed by atoms with Crippen LogP contribution in [0, 0.1) is 5.41 Å². The molecule has 0 aliphatic carbocycles. The molecule has 22 heavy (non-hydrogen) atoms. The van der Waals surface area contributed by atoms with Crippen LogP contribution in [0.3, 0.4) is 0 Å².